The summed E-state index contributed by atoms with van der Waals surface area (Å²) in [7, 11) is 0. The van der Waals surface area contributed by atoms with E-state index >= 15 is 0 Å². The van der Waals surface area contributed by atoms with Crippen LogP contribution in [-0.4, -0.2) is 9.97 Å². The summed E-state index contributed by atoms with van der Waals surface area (Å²) in [6.45, 7) is 1.96. The average Bonchev–Trinajstić information content (AvgIpc) is 3.12. The van der Waals surface area contributed by atoms with Gasteiger partial charge in [-0.25, -0.2) is 4.98 Å². The Balaban J connectivity index is 2.12. The molecule has 0 saturated heterocycles. The summed E-state index contributed by atoms with van der Waals surface area (Å²) in [4.78, 5) is 7.82. The van der Waals surface area contributed by atoms with E-state index in [0.29, 0.717) is 0 Å². The fourth-order valence-corrected chi connectivity index (χ4v) is 3.55. The molecule has 0 spiro atoms. The molecule has 0 fully saturated rings. The first-order chi connectivity index (χ1) is 12.3. The maximum atomic E-state index is 4.38. The van der Waals surface area contributed by atoms with Crippen LogP contribution in [0.1, 0.15) is 28.2 Å². The molecule has 1 heterocycles. The molecule has 121 valence electrons. The lowest BCUT2D eigenvalue weighted by molar-refractivity contribution is 0.717. The van der Waals surface area contributed by atoms with Crippen LogP contribution >= 0.6 is 0 Å². The van der Waals surface area contributed by atoms with Gasteiger partial charge >= 0.3 is 0 Å². The smallest absolute Gasteiger partial charge is 0.114 e. The number of hydrogen-bond donors (Lipinski definition) is 1. The van der Waals surface area contributed by atoms with Crippen LogP contribution in [0.4, 0.5) is 0 Å². The third kappa shape index (κ3) is 2.56. The lowest BCUT2D eigenvalue weighted by Gasteiger charge is -2.34. The lowest BCUT2D eigenvalue weighted by Crippen LogP contribution is -2.31. The highest BCUT2D eigenvalue weighted by atomic mass is 14.9. The topological polar surface area (TPSA) is 28.7 Å². The van der Waals surface area contributed by atoms with Crippen LogP contribution in [0.15, 0.2) is 91.0 Å². The maximum Gasteiger partial charge on any atom is 0.114 e. The predicted molar refractivity (Wildman–Crippen MR) is 100 cm³/mol. The first-order valence-corrected chi connectivity index (χ1v) is 8.43. The van der Waals surface area contributed by atoms with Crippen LogP contribution in [0.25, 0.3) is 0 Å². The summed E-state index contributed by atoms with van der Waals surface area (Å²) >= 11 is 0. The van der Waals surface area contributed by atoms with E-state index in [1.807, 2.05) is 25.1 Å². The summed E-state index contributed by atoms with van der Waals surface area (Å²) in [5.41, 5.74) is 4.03. The van der Waals surface area contributed by atoms with Crippen LogP contribution < -0.4 is 0 Å². The van der Waals surface area contributed by atoms with E-state index in [1.165, 1.54) is 16.7 Å². The summed E-state index contributed by atoms with van der Waals surface area (Å²) in [5, 5.41) is 0. The number of rotatable bonds is 4. The molecule has 0 aliphatic carbocycles. The minimum atomic E-state index is -0.481. The van der Waals surface area contributed by atoms with E-state index in [1.54, 1.807) is 0 Å². The van der Waals surface area contributed by atoms with Gasteiger partial charge in [0.15, 0.2) is 0 Å². The standard InChI is InChI=1S/C23H19N2/c1-18-24-17-22(25-18)23(19-11-5-2-6-12-19,20-13-7-3-8-14-20)21-15-9-4-10-16-21/h2-16H,1H3,(H,24,25). The van der Waals surface area contributed by atoms with Crippen molar-refractivity contribution >= 4 is 0 Å². The van der Waals surface area contributed by atoms with E-state index in [-0.39, 0.29) is 0 Å². The molecule has 4 aromatic rings. The van der Waals surface area contributed by atoms with Gasteiger partial charge in [-0.3, -0.25) is 0 Å². The van der Waals surface area contributed by atoms with Crippen molar-refractivity contribution in [2.45, 2.75) is 12.3 Å². The highest BCUT2D eigenvalue weighted by Gasteiger charge is 2.39. The molecule has 0 aliphatic heterocycles. The number of aryl methyl sites for hydroxylation is 1. The second kappa shape index (κ2) is 6.40. The fourth-order valence-electron chi connectivity index (χ4n) is 3.55. The lowest BCUT2D eigenvalue weighted by atomic mass is 9.67. The molecule has 2 nitrogen and oxygen atoms in total. The van der Waals surface area contributed by atoms with E-state index < -0.39 is 5.41 Å². The Morgan fingerprint density at radius 3 is 1.40 bits per heavy atom. The minimum absolute atomic E-state index is 0.481. The molecule has 2 heteroatoms. The van der Waals surface area contributed by atoms with Crippen molar-refractivity contribution in [3.63, 3.8) is 0 Å². The van der Waals surface area contributed by atoms with Gasteiger partial charge in [-0.1, -0.05) is 91.0 Å². The Labute approximate surface area is 148 Å². The van der Waals surface area contributed by atoms with Gasteiger partial charge in [-0.05, 0) is 23.6 Å². The van der Waals surface area contributed by atoms with Crippen LogP contribution in [-0.2, 0) is 5.41 Å². The van der Waals surface area contributed by atoms with Crippen LogP contribution in [0, 0.1) is 13.1 Å². The van der Waals surface area contributed by atoms with Crippen molar-refractivity contribution < 1.29 is 0 Å². The number of aromatic nitrogens is 2. The molecule has 0 amide bonds. The Morgan fingerprint density at radius 1 is 0.680 bits per heavy atom. The third-order valence-corrected chi connectivity index (χ3v) is 4.64. The van der Waals surface area contributed by atoms with Crippen LogP contribution in [0.3, 0.4) is 0 Å². The highest BCUT2D eigenvalue weighted by molar-refractivity contribution is 5.57. The van der Waals surface area contributed by atoms with Crippen molar-refractivity contribution in [1.29, 1.82) is 0 Å². The molecule has 0 aliphatic rings. The normalized spacial score (nSPS) is 11.4. The zero-order valence-corrected chi connectivity index (χ0v) is 14.1. The second-order valence-corrected chi connectivity index (χ2v) is 6.16. The van der Waals surface area contributed by atoms with Gasteiger partial charge in [0.1, 0.15) is 12.0 Å². The molecule has 1 N–H and O–H groups in total. The summed E-state index contributed by atoms with van der Waals surface area (Å²) in [5.74, 6) is 0.863. The van der Waals surface area contributed by atoms with Crippen molar-refractivity contribution in [2.75, 3.05) is 0 Å². The molecular formula is C23H19N2. The Morgan fingerprint density at radius 2 is 1.08 bits per heavy atom. The van der Waals surface area contributed by atoms with Gasteiger partial charge in [0.25, 0.3) is 0 Å². The van der Waals surface area contributed by atoms with Crippen LogP contribution in [0.2, 0.25) is 0 Å². The largest absolute Gasteiger partial charge is 0.344 e. The molecule has 1 aromatic heterocycles. The van der Waals surface area contributed by atoms with Gasteiger partial charge in [-0.15, -0.1) is 0 Å². The number of benzene rings is 3. The first-order valence-electron chi connectivity index (χ1n) is 8.43. The quantitative estimate of drug-likeness (QED) is 0.532. The molecule has 3 aromatic carbocycles. The zero-order valence-electron chi connectivity index (χ0n) is 14.1. The van der Waals surface area contributed by atoms with Gasteiger partial charge in [0.2, 0.25) is 0 Å². The van der Waals surface area contributed by atoms with E-state index in [0.717, 1.165) is 11.5 Å². The number of nitrogens with one attached hydrogen (secondary N) is 1. The van der Waals surface area contributed by atoms with Crippen LogP contribution in [0.5, 0.6) is 0 Å². The summed E-state index contributed by atoms with van der Waals surface area (Å²) in [6.07, 6.45) is 3.24. The Hall–Kier alpha value is -3.13. The van der Waals surface area contributed by atoms with E-state index in [9.17, 15) is 0 Å². The first kappa shape index (κ1) is 15.4. The number of hydrogen-bond acceptors (Lipinski definition) is 1. The Kier molecular flexibility index (Phi) is 3.95. The Bertz CT molecular complexity index is 844. The van der Waals surface area contributed by atoms with Crippen molar-refractivity contribution in [1.82, 2.24) is 9.97 Å². The van der Waals surface area contributed by atoms with Gasteiger partial charge in [0.05, 0.1) is 11.1 Å². The van der Waals surface area contributed by atoms with Gasteiger partial charge in [0, 0.05) is 0 Å². The van der Waals surface area contributed by atoms with Crippen molar-refractivity contribution in [2.24, 2.45) is 0 Å². The van der Waals surface area contributed by atoms with E-state index in [4.69, 9.17) is 0 Å². The van der Waals surface area contributed by atoms with Gasteiger partial charge < -0.3 is 4.98 Å². The molecular weight excluding hydrogens is 304 g/mol. The molecule has 0 bridgehead atoms. The average molecular weight is 323 g/mol. The molecule has 1 radical (unpaired) electrons. The number of imidazole rings is 1. The van der Waals surface area contributed by atoms with Crippen molar-refractivity contribution in [3.05, 3.63) is 125 Å². The summed E-state index contributed by atoms with van der Waals surface area (Å²) in [6, 6.07) is 31.7. The number of nitrogens with zero attached hydrogens (tertiary/aromatic N) is 1. The molecule has 4 rings (SSSR count). The fraction of sp³-hybridized carbons (Fsp3) is 0.0870. The van der Waals surface area contributed by atoms with Gasteiger partial charge in [-0.2, -0.15) is 0 Å². The molecule has 0 unspecified atom stereocenters. The summed E-state index contributed by atoms with van der Waals surface area (Å²) < 4.78 is 0. The predicted octanol–water partition coefficient (Wildman–Crippen LogP) is 4.90. The number of aromatic amines is 1. The SMILES string of the molecule is Cc1n[c]c(C(c2ccccc2)(c2ccccc2)c2ccccc2)[nH]1. The monoisotopic (exact) mass is 323 g/mol. The van der Waals surface area contributed by atoms with E-state index in [2.05, 4.69) is 89.0 Å². The number of H-pyrrole nitrogens is 1. The maximum absolute atomic E-state index is 4.38. The minimum Gasteiger partial charge on any atom is -0.344 e. The zero-order chi connectivity index (χ0) is 17.1. The molecule has 0 saturated carbocycles. The third-order valence-electron chi connectivity index (χ3n) is 4.64. The molecule has 25 heavy (non-hydrogen) atoms. The second-order valence-electron chi connectivity index (χ2n) is 6.16. The molecule has 0 atom stereocenters. The highest BCUT2D eigenvalue weighted by Crippen LogP contribution is 2.43. The van der Waals surface area contributed by atoms with Crippen molar-refractivity contribution in [3.8, 4) is 0 Å².